The van der Waals surface area contributed by atoms with Crippen LogP contribution in [0.15, 0.2) is 46.9 Å². The molecule has 0 saturated heterocycles. The molecule has 1 atom stereocenters. The van der Waals surface area contributed by atoms with Crippen LogP contribution in [0.5, 0.6) is 0 Å². The van der Waals surface area contributed by atoms with Gasteiger partial charge in [-0.15, -0.1) is 11.8 Å². The number of thioether (sulfide) groups is 1. The largest absolute Gasteiger partial charge is 0.303 e. The summed E-state index contributed by atoms with van der Waals surface area (Å²) < 4.78 is 0. The fourth-order valence-electron chi connectivity index (χ4n) is 2.53. The average Bonchev–Trinajstić information content (AvgIpc) is 2.64. The molecule has 2 heteroatoms. The molecule has 0 aromatic heterocycles. The fourth-order valence-corrected chi connectivity index (χ4v) is 3.70. The molecule has 1 nitrogen and oxygen atoms in total. The van der Waals surface area contributed by atoms with Gasteiger partial charge in [0.25, 0.3) is 0 Å². The highest BCUT2D eigenvalue weighted by molar-refractivity contribution is 7.99. The minimum atomic E-state index is 0.169. The number of aldehydes is 1. The number of carbonyl (C=O) groups excluding carboxylic acids is 1. The zero-order valence-electron chi connectivity index (χ0n) is 11.1. The first-order valence-corrected chi connectivity index (χ1v) is 7.44. The lowest BCUT2D eigenvalue weighted by atomic mass is 9.76. The summed E-state index contributed by atoms with van der Waals surface area (Å²) in [6.07, 6.45) is 5.14. The highest BCUT2D eigenvalue weighted by Crippen LogP contribution is 2.46. The predicted molar refractivity (Wildman–Crippen MR) is 77.8 cm³/mol. The first kappa shape index (κ1) is 13.4. The van der Waals surface area contributed by atoms with Crippen molar-refractivity contribution in [3.05, 3.63) is 42.0 Å². The Labute approximate surface area is 114 Å². The summed E-state index contributed by atoms with van der Waals surface area (Å²) in [5.41, 5.74) is 1.66. The van der Waals surface area contributed by atoms with Crippen molar-refractivity contribution in [2.75, 3.05) is 5.75 Å². The lowest BCUT2D eigenvalue weighted by Crippen LogP contribution is -2.22. The molecule has 1 aliphatic carbocycles. The van der Waals surface area contributed by atoms with E-state index in [1.165, 1.54) is 10.5 Å². The quantitative estimate of drug-likeness (QED) is 0.445. The van der Waals surface area contributed by atoms with Crippen LogP contribution in [0.3, 0.4) is 0 Å². The van der Waals surface area contributed by atoms with E-state index in [1.807, 2.05) is 17.8 Å². The molecule has 0 aliphatic heterocycles. The van der Waals surface area contributed by atoms with Gasteiger partial charge < -0.3 is 4.79 Å². The number of carbonyl (C=O) groups is 1. The Morgan fingerprint density at radius 1 is 1.33 bits per heavy atom. The van der Waals surface area contributed by atoms with E-state index in [0.29, 0.717) is 12.3 Å². The Morgan fingerprint density at radius 2 is 2.06 bits per heavy atom. The Hall–Kier alpha value is -1.02. The highest BCUT2D eigenvalue weighted by atomic mass is 32.2. The lowest BCUT2D eigenvalue weighted by molar-refractivity contribution is -0.109. The van der Waals surface area contributed by atoms with Crippen molar-refractivity contribution in [2.45, 2.75) is 31.6 Å². The van der Waals surface area contributed by atoms with Crippen LogP contribution in [0.4, 0.5) is 0 Å². The molecular formula is C16H20OS. The van der Waals surface area contributed by atoms with Crippen molar-refractivity contribution in [2.24, 2.45) is 11.3 Å². The van der Waals surface area contributed by atoms with Crippen molar-refractivity contribution < 1.29 is 4.79 Å². The molecule has 0 unspecified atom stereocenters. The molecule has 2 rings (SSSR count). The molecule has 0 radical (unpaired) electrons. The van der Waals surface area contributed by atoms with Gasteiger partial charge in [-0.1, -0.05) is 43.7 Å². The van der Waals surface area contributed by atoms with E-state index in [1.54, 1.807) is 0 Å². The molecule has 1 aromatic rings. The summed E-state index contributed by atoms with van der Waals surface area (Å²) in [4.78, 5) is 12.0. The summed E-state index contributed by atoms with van der Waals surface area (Å²) in [6.45, 7) is 4.54. The molecule has 0 bridgehead atoms. The highest BCUT2D eigenvalue weighted by Gasteiger charge is 2.36. The minimum Gasteiger partial charge on any atom is -0.303 e. The van der Waals surface area contributed by atoms with Crippen LogP contribution in [0.1, 0.15) is 26.7 Å². The van der Waals surface area contributed by atoms with Gasteiger partial charge in [-0.05, 0) is 29.9 Å². The first-order valence-electron chi connectivity index (χ1n) is 6.45. The number of allylic oxidation sites excluding steroid dienone is 1. The Balaban J connectivity index is 1.96. The van der Waals surface area contributed by atoms with Gasteiger partial charge in [-0.25, -0.2) is 0 Å². The van der Waals surface area contributed by atoms with E-state index in [4.69, 9.17) is 0 Å². The Morgan fingerprint density at radius 3 is 2.72 bits per heavy atom. The van der Waals surface area contributed by atoms with E-state index in [0.717, 1.165) is 18.5 Å². The second kappa shape index (κ2) is 5.75. The van der Waals surface area contributed by atoms with Crippen molar-refractivity contribution in [3.63, 3.8) is 0 Å². The average molecular weight is 260 g/mol. The first-order chi connectivity index (χ1) is 8.64. The molecule has 18 heavy (non-hydrogen) atoms. The molecule has 0 amide bonds. The molecule has 0 spiro atoms. The predicted octanol–water partition coefficient (Wildman–Crippen LogP) is 4.34. The van der Waals surface area contributed by atoms with Crippen LogP contribution in [0.2, 0.25) is 0 Å². The number of hydrogen-bond donors (Lipinski definition) is 0. The SMILES string of the molecule is CC1(C)C(CSc2ccccc2)=CC[C@@H]1CC=O. The summed E-state index contributed by atoms with van der Waals surface area (Å²) >= 11 is 1.88. The summed E-state index contributed by atoms with van der Waals surface area (Å²) in [5.74, 6) is 1.52. The van der Waals surface area contributed by atoms with E-state index < -0.39 is 0 Å². The molecule has 1 aliphatic rings. The van der Waals surface area contributed by atoms with Crippen molar-refractivity contribution in [3.8, 4) is 0 Å². The zero-order chi connectivity index (χ0) is 13.0. The maximum Gasteiger partial charge on any atom is 0.120 e. The van der Waals surface area contributed by atoms with Gasteiger partial charge in [-0.3, -0.25) is 0 Å². The molecule has 0 N–H and O–H groups in total. The summed E-state index contributed by atoms with van der Waals surface area (Å²) in [5, 5.41) is 0. The maximum atomic E-state index is 10.7. The van der Waals surface area contributed by atoms with Crippen molar-refractivity contribution in [1.82, 2.24) is 0 Å². The van der Waals surface area contributed by atoms with Crippen LogP contribution in [-0.4, -0.2) is 12.0 Å². The van der Waals surface area contributed by atoms with E-state index in [-0.39, 0.29) is 5.41 Å². The Kier molecular flexibility index (Phi) is 4.28. The van der Waals surface area contributed by atoms with E-state index >= 15 is 0 Å². The smallest absolute Gasteiger partial charge is 0.120 e. The van der Waals surface area contributed by atoms with Crippen molar-refractivity contribution >= 4 is 18.0 Å². The van der Waals surface area contributed by atoms with Gasteiger partial charge in [0, 0.05) is 17.1 Å². The van der Waals surface area contributed by atoms with Gasteiger partial charge in [0.15, 0.2) is 0 Å². The van der Waals surface area contributed by atoms with E-state index in [2.05, 4.69) is 44.2 Å². The molecule has 0 fully saturated rings. The second-order valence-electron chi connectivity index (χ2n) is 5.39. The van der Waals surface area contributed by atoms with Crippen molar-refractivity contribution in [1.29, 1.82) is 0 Å². The van der Waals surface area contributed by atoms with Crippen LogP contribution in [-0.2, 0) is 4.79 Å². The van der Waals surface area contributed by atoms with Gasteiger partial charge in [0.05, 0.1) is 0 Å². The monoisotopic (exact) mass is 260 g/mol. The van der Waals surface area contributed by atoms with E-state index in [9.17, 15) is 4.79 Å². The summed E-state index contributed by atoms with van der Waals surface area (Å²) in [6, 6.07) is 10.5. The number of hydrogen-bond acceptors (Lipinski definition) is 2. The number of rotatable bonds is 5. The van der Waals surface area contributed by atoms with Gasteiger partial charge >= 0.3 is 0 Å². The lowest BCUT2D eigenvalue weighted by Gasteiger charge is -2.29. The third kappa shape index (κ3) is 2.86. The van der Waals surface area contributed by atoms with Gasteiger partial charge in [-0.2, -0.15) is 0 Å². The third-order valence-electron chi connectivity index (χ3n) is 4.02. The maximum absolute atomic E-state index is 10.7. The third-order valence-corrected chi connectivity index (χ3v) is 5.08. The topological polar surface area (TPSA) is 17.1 Å². The molecular weight excluding hydrogens is 240 g/mol. The normalized spacial score (nSPS) is 21.7. The molecule has 0 heterocycles. The Bertz CT molecular complexity index is 434. The van der Waals surface area contributed by atoms with Crippen LogP contribution in [0.25, 0.3) is 0 Å². The van der Waals surface area contributed by atoms with Gasteiger partial charge in [0.2, 0.25) is 0 Å². The molecule has 1 aromatic carbocycles. The van der Waals surface area contributed by atoms with Crippen LogP contribution < -0.4 is 0 Å². The van der Waals surface area contributed by atoms with Crippen LogP contribution in [0, 0.1) is 11.3 Å². The summed E-state index contributed by atoms with van der Waals surface area (Å²) in [7, 11) is 0. The van der Waals surface area contributed by atoms with Gasteiger partial charge in [0.1, 0.15) is 6.29 Å². The molecule has 0 saturated carbocycles. The standard InChI is InChI=1S/C16H20OS/c1-16(2)13(10-11-17)8-9-14(16)12-18-15-6-4-3-5-7-15/h3-7,9,11,13H,8,10,12H2,1-2H3/t13-/m1/s1. The number of benzene rings is 1. The molecule has 96 valence electrons. The minimum absolute atomic E-state index is 0.169. The second-order valence-corrected chi connectivity index (χ2v) is 6.44. The van der Waals surface area contributed by atoms with Crippen LogP contribution >= 0.6 is 11.8 Å². The fraction of sp³-hybridized carbons (Fsp3) is 0.438. The zero-order valence-corrected chi connectivity index (χ0v) is 11.9.